The third kappa shape index (κ3) is 4.12. The molecule has 0 spiro atoms. The first-order chi connectivity index (χ1) is 10.1. The summed E-state index contributed by atoms with van der Waals surface area (Å²) in [5.41, 5.74) is 7.74. The smallest absolute Gasteiger partial charge is 0.164 e. The number of nitrogens with two attached hydrogens (primary N) is 1. The van der Waals surface area contributed by atoms with E-state index >= 15 is 0 Å². The third-order valence-electron chi connectivity index (χ3n) is 3.13. The summed E-state index contributed by atoms with van der Waals surface area (Å²) < 4.78 is 13.0. The van der Waals surface area contributed by atoms with Crippen molar-refractivity contribution < 1.29 is 9.47 Å². The molecule has 0 aliphatic carbocycles. The van der Waals surface area contributed by atoms with E-state index in [2.05, 4.69) is 5.10 Å². The lowest BCUT2D eigenvalue weighted by molar-refractivity contribution is 0.294. The highest BCUT2D eigenvalue weighted by molar-refractivity contribution is 6.30. The van der Waals surface area contributed by atoms with Gasteiger partial charge in [0, 0.05) is 36.3 Å². The SMILES string of the molecule is COc1cc(Cl)cc(CCN)c1OCCc1cnn(C)c1. The molecule has 1 aromatic heterocycles. The summed E-state index contributed by atoms with van der Waals surface area (Å²) in [6.07, 6.45) is 5.29. The van der Waals surface area contributed by atoms with Crippen molar-refractivity contribution in [3.05, 3.63) is 40.7 Å². The van der Waals surface area contributed by atoms with E-state index in [1.807, 2.05) is 25.5 Å². The first-order valence-corrected chi connectivity index (χ1v) is 7.18. The summed E-state index contributed by atoms with van der Waals surface area (Å²) in [6.45, 7) is 1.07. The van der Waals surface area contributed by atoms with Gasteiger partial charge < -0.3 is 15.2 Å². The van der Waals surface area contributed by atoms with E-state index in [0.717, 1.165) is 23.3 Å². The van der Waals surface area contributed by atoms with Crippen molar-refractivity contribution in [2.45, 2.75) is 12.8 Å². The van der Waals surface area contributed by atoms with Crippen molar-refractivity contribution in [3.8, 4) is 11.5 Å². The van der Waals surface area contributed by atoms with Crippen LogP contribution in [0.5, 0.6) is 11.5 Å². The number of aromatic nitrogens is 2. The molecule has 2 N–H and O–H groups in total. The molecule has 0 fully saturated rings. The summed E-state index contributed by atoms with van der Waals surface area (Å²) in [4.78, 5) is 0. The number of hydrogen-bond donors (Lipinski definition) is 1. The Bertz CT molecular complexity index is 599. The zero-order chi connectivity index (χ0) is 15.2. The van der Waals surface area contributed by atoms with Crippen LogP contribution in [0.4, 0.5) is 0 Å². The molecule has 21 heavy (non-hydrogen) atoms. The lowest BCUT2D eigenvalue weighted by Gasteiger charge is -2.15. The van der Waals surface area contributed by atoms with E-state index < -0.39 is 0 Å². The molecule has 0 aliphatic rings. The maximum Gasteiger partial charge on any atom is 0.164 e. The summed E-state index contributed by atoms with van der Waals surface area (Å²) in [7, 11) is 3.50. The number of nitrogens with zero attached hydrogens (tertiary/aromatic N) is 2. The number of aryl methyl sites for hydroxylation is 1. The third-order valence-corrected chi connectivity index (χ3v) is 3.34. The van der Waals surface area contributed by atoms with Crippen molar-refractivity contribution in [2.24, 2.45) is 12.8 Å². The second-order valence-corrected chi connectivity index (χ2v) is 5.19. The second kappa shape index (κ2) is 7.33. The average Bonchev–Trinajstić information content (AvgIpc) is 2.86. The standard InChI is InChI=1S/C15H20ClN3O2/c1-19-10-11(9-18-19)4-6-21-15-12(3-5-17)7-13(16)8-14(15)20-2/h7-10H,3-6,17H2,1-2H3. The van der Waals surface area contributed by atoms with Crippen molar-refractivity contribution in [1.82, 2.24) is 9.78 Å². The molecule has 0 saturated carbocycles. The van der Waals surface area contributed by atoms with Gasteiger partial charge in [0.15, 0.2) is 11.5 Å². The van der Waals surface area contributed by atoms with Crippen LogP contribution in [-0.2, 0) is 19.9 Å². The normalized spacial score (nSPS) is 10.7. The molecule has 1 heterocycles. The minimum absolute atomic E-state index is 0.530. The Labute approximate surface area is 129 Å². The number of halogens is 1. The fourth-order valence-corrected chi connectivity index (χ4v) is 2.38. The monoisotopic (exact) mass is 309 g/mol. The van der Waals surface area contributed by atoms with Gasteiger partial charge in [-0.05, 0) is 24.6 Å². The molecule has 6 heteroatoms. The zero-order valence-electron chi connectivity index (χ0n) is 12.3. The summed E-state index contributed by atoms with van der Waals surface area (Å²) in [5.74, 6) is 1.35. The predicted octanol–water partition coefficient (Wildman–Crippen LogP) is 2.20. The van der Waals surface area contributed by atoms with Crippen molar-refractivity contribution >= 4 is 11.6 Å². The Balaban J connectivity index is 2.10. The van der Waals surface area contributed by atoms with Crippen LogP contribution in [0.25, 0.3) is 0 Å². The van der Waals surface area contributed by atoms with Gasteiger partial charge in [0.05, 0.1) is 19.9 Å². The van der Waals surface area contributed by atoms with E-state index in [0.29, 0.717) is 30.3 Å². The van der Waals surface area contributed by atoms with E-state index in [4.69, 9.17) is 26.8 Å². The Kier molecular flexibility index (Phi) is 5.47. The Morgan fingerprint density at radius 2 is 2.14 bits per heavy atom. The van der Waals surface area contributed by atoms with E-state index in [1.165, 1.54) is 0 Å². The van der Waals surface area contributed by atoms with Crippen LogP contribution in [0.3, 0.4) is 0 Å². The molecule has 0 radical (unpaired) electrons. The van der Waals surface area contributed by atoms with Gasteiger partial charge in [0.2, 0.25) is 0 Å². The van der Waals surface area contributed by atoms with Crippen LogP contribution >= 0.6 is 11.6 Å². The van der Waals surface area contributed by atoms with Crippen LogP contribution in [0.2, 0.25) is 5.02 Å². The highest BCUT2D eigenvalue weighted by atomic mass is 35.5. The molecule has 0 aliphatic heterocycles. The molecule has 1 aromatic carbocycles. The Hall–Kier alpha value is -1.72. The number of hydrogen-bond acceptors (Lipinski definition) is 4. The summed E-state index contributed by atoms with van der Waals surface area (Å²) in [6, 6.07) is 3.62. The van der Waals surface area contributed by atoms with Crippen LogP contribution in [0, 0.1) is 0 Å². The predicted molar refractivity (Wildman–Crippen MR) is 83.2 cm³/mol. The van der Waals surface area contributed by atoms with Crippen molar-refractivity contribution in [3.63, 3.8) is 0 Å². The summed E-state index contributed by atoms with van der Waals surface area (Å²) in [5, 5.41) is 4.76. The lowest BCUT2D eigenvalue weighted by Crippen LogP contribution is -2.08. The zero-order valence-corrected chi connectivity index (χ0v) is 13.1. The molecule has 2 rings (SSSR count). The molecule has 5 nitrogen and oxygen atoms in total. The fourth-order valence-electron chi connectivity index (χ4n) is 2.15. The van der Waals surface area contributed by atoms with Crippen LogP contribution in [0.15, 0.2) is 24.5 Å². The van der Waals surface area contributed by atoms with E-state index in [-0.39, 0.29) is 0 Å². The molecule has 0 bridgehead atoms. The fraction of sp³-hybridized carbons (Fsp3) is 0.400. The highest BCUT2D eigenvalue weighted by Gasteiger charge is 2.12. The van der Waals surface area contributed by atoms with Gasteiger partial charge in [0.25, 0.3) is 0 Å². The maximum atomic E-state index is 6.08. The van der Waals surface area contributed by atoms with Gasteiger partial charge in [-0.3, -0.25) is 4.68 Å². The minimum Gasteiger partial charge on any atom is -0.493 e. The van der Waals surface area contributed by atoms with Gasteiger partial charge in [-0.1, -0.05) is 11.6 Å². The van der Waals surface area contributed by atoms with Crippen LogP contribution < -0.4 is 15.2 Å². The van der Waals surface area contributed by atoms with Crippen LogP contribution in [-0.4, -0.2) is 30.0 Å². The topological polar surface area (TPSA) is 62.3 Å². The second-order valence-electron chi connectivity index (χ2n) is 4.76. The maximum absolute atomic E-state index is 6.08. The Morgan fingerprint density at radius 3 is 2.76 bits per heavy atom. The molecular weight excluding hydrogens is 290 g/mol. The van der Waals surface area contributed by atoms with E-state index in [9.17, 15) is 0 Å². The molecule has 2 aromatic rings. The van der Waals surface area contributed by atoms with Crippen molar-refractivity contribution in [2.75, 3.05) is 20.3 Å². The van der Waals surface area contributed by atoms with Gasteiger partial charge in [-0.25, -0.2) is 0 Å². The molecular formula is C15H20ClN3O2. The molecule has 0 unspecified atom stereocenters. The number of ether oxygens (including phenoxy) is 2. The average molecular weight is 310 g/mol. The quantitative estimate of drug-likeness (QED) is 0.852. The molecule has 114 valence electrons. The lowest BCUT2D eigenvalue weighted by atomic mass is 10.1. The molecule has 0 atom stereocenters. The first kappa shape index (κ1) is 15.7. The van der Waals surface area contributed by atoms with Gasteiger partial charge in [-0.2, -0.15) is 5.10 Å². The number of rotatable bonds is 7. The largest absolute Gasteiger partial charge is 0.493 e. The summed E-state index contributed by atoms with van der Waals surface area (Å²) >= 11 is 6.08. The minimum atomic E-state index is 0.530. The van der Waals surface area contributed by atoms with E-state index in [1.54, 1.807) is 17.9 Å². The van der Waals surface area contributed by atoms with Gasteiger partial charge >= 0.3 is 0 Å². The van der Waals surface area contributed by atoms with Gasteiger partial charge in [0.1, 0.15) is 0 Å². The highest BCUT2D eigenvalue weighted by Crippen LogP contribution is 2.35. The molecule has 0 saturated heterocycles. The van der Waals surface area contributed by atoms with Crippen LogP contribution in [0.1, 0.15) is 11.1 Å². The molecule has 0 amide bonds. The number of benzene rings is 1. The first-order valence-electron chi connectivity index (χ1n) is 6.81. The number of methoxy groups -OCH3 is 1. The van der Waals surface area contributed by atoms with Crippen molar-refractivity contribution in [1.29, 1.82) is 0 Å². The van der Waals surface area contributed by atoms with Gasteiger partial charge in [-0.15, -0.1) is 0 Å². The Morgan fingerprint density at radius 1 is 1.33 bits per heavy atom.